The molecule has 1 heterocycles. The van der Waals surface area contributed by atoms with E-state index in [1.54, 1.807) is 0 Å². The summed E-state index contributed by atoms with van der Waals surface area (Å²) in [6.07, 6.45) is -8.11. The first-order valence-electron chi connectivity index (χ1n) is 4.28. The van der Waals surface area contributed by atoms with Crippen LogP contribution < -0.4 is 16.2 Å². The summed E-state index contributed by atoms with van der Waals surface area (Å²) in [5.74, 6) is -1.04. The van der Waals surface area contributed by atoms with E-state index in [-0.39, 0.29) is 17.8 Å². The topological polar surface area (TPSA) is 74.2 Å². The molecule has 0 amide bonds. The zero-order valence-electron chi connectivity index (χ0n) is 8.26. The van der Waals surface area contributed by atoms with Gasteiger partial charge in [0.15, 0.2) is 0 Å². The van der Waals surface area contributed by atoms with Gasteiger partial charge in [-0.15, -0.1) is 13.2 Å². The predicted molar refractivity (Wildman–Crippen MR) is 48.2 cm³/mol. The van der Waals surface area contributed by atoms with E-state index >= 15 is 0 Å². The number of aromatic nitrogens is 1. The van der Waals surface area contributed by atoms with Crippen LogP contribution in [0.25, 0.3) is 0 Å². The number of halogens is 5. The molecule has 0 fully saturated rings. The SMILES string of the molecule is NCc1c(N)cc(OC(F)(F)F)nc1C(F)F. The summed E-state index contributed by atoms with van der Waals surface area (Å²) >= 11 is 0. The zero-order chi connectivity index (χ0) is 13.2. The van der Waals surface area contributed by atoms with Gasteiger partial charge in [-0.3, -0.25) is 0 Å². The molecule has 0 saturated heterocycles. The van der Waals surface area contributed by atoms with Gasteiger partial charge in [0, 0.05) is 23.9 Å². The third-order valence-electron chi connectivity index (χ3n) is 1.80. The minimum absolute atomic E-state index is 0.200. The highest BCUT2D eigenvalue weighted by Crippen LogP contribution is 2.30. The van der Waals surface area contributed by atoms with Gasteiger partial charge in [-0.2, -0.15) is 0 Å². The van der Waals surface area contributed by atoms with E-state index < -0.39 is 24.4 Å². The summed E-state index contributed by atoms with van der Waals surface area (Å²) in [5.41, 5.74) is 9.01. The van der Waals surface area contributed by atoms with Crippen molar-refractivity contribution in [3.05, 3.63) is 17.3 Å². The Morgan fingerprint density at radius 3 is 2.35 bits per heavy atom. The van der Waals surface area contributed by atoms with Crippen molar-refractivity contribution in [2.75, 3.05) is 5.73 Å². The third-order valence-corrected chi connectivity index (χ3v) is 1.80. The highest BCUT2D eigenvalue weighted by molar-refractivity contribution is 5.51. The average molecular weight is 257 g/mol. The van der Waals surface area contributed by atoms with Crippen LogP contribution in [0.4, 0.5) is 27.6 Å². The van der Waals surface area contributed by atoms with Gasteiger partial charge in [0.2, 0.25) is 5.88 Å². The summed E-state index contributed by atoms with van der Waals surface area (Å²) < 4.78 is 64.0. The lowest BCUT2D eigenvalue weighted by Gasteiger charge is -2.13. The lowest BCUT2D eigenvalue weighted by molar-refractivity contribution is -0.276. The monoisotopic (exact) mass is 257 g/mol. The number of pyridine rings is 1. The molecule has 0 aromatic carbocycles. The van der Waals surface area contributed by atoms with Gasteiger partial charge < -0.3 is 16.2 Å². The largest absolute Gasteiger partial charge is 0.574 e. The highest BCUT2D eigenvalue weighted by atomic mass is 19.4. The van der Waals surface area contributed by atoms with E-state index in [4.69, 9.17) is 11.5 Å². The third kappa shape index (κ3) is 3.41. The summed E-state index contributed by atoms with van der Waals surface area (Å²) in [4.78, 5) is 3.04. The number of hydrogen-bond donors (Lipinski definition) is 2. The summed E-state index contributed by atoms with van der Waals surface area (Å²) in [6, 6.07) is 0.696. The molecule has 1 aromatic rings. The van der Waals surface area contributed by atoms with Gasteiger partial charge in [-0.25, -0.2) is 13.8 Å². The van der Waals surface area contributed by atoms with Crippen molar-refractivity contribution >= 4 is 5.69 Å². The van der Waals surface area contributed by atoms with Gasteiger partial charge >= 0.3 is 6.36 Å². The van der Waals surface area contributed by atoms with Crippen molar-refractivity contribution in [3.63, 3.8) is 0 Å². The molecule has 96 valence electrons. The van der Waals surface area contributed by atoms with Crippen molar-refractivity contribution in [2.24, 2.45) is 5.73 Å². The molecule has 0 unspecified atom stereocenters. The van der Waals surface area contributed by atoms with Crippen LogP contribution in [0.2, 0.25) is 0 Å². The molecule has 9 heteroatoms. The zero-order valence-corrected chi connectivity index (χ0v) is 8.26. The number of rotatable bonds is 3. The van der Waals surface area contributed by atoms with Crippen LogP contribution in [0.3, 0.4) is 0 Å². The number of anilines is 1. The maximum atomic E-state index is 12.5. The fourth-order valence-corrected chi connectivity index (χ4v) is 1.16. The van der Waals surface area contributed by atoms with Crippen LogP contribution in [-0.2, 0) is 6.54 Å². The summed E-state index contributed by atoms with van der Waals surface area (Å²) in [7, 11) is 0. The van der Waals surface area contributed by atoms with Gasteiger partial charge in [0.1, 0.15) is 5.69 Å². The van der Waals surface area contributed by atoms with Gasteiger partial charge in [-0.1, -0.05) is 0 Å². The second-order valence-corrected chi connectivity index (χ2v) is 2.97. The van der Waals surface area contributed by atoms with Crippen molar-refractivity contribution < 1.29 is 26.7 Å². The molecule has 0 bridgehead atoms. The number of alkyl halides is 5. The van der Waals surface area contributed by atoms with Gasteiger partial charge in [0.25, 0.3) is 6.43 Å². The van der Waals surface area contributed by atoms with Crippen LogP contribution in [0, 0.1) is 0 Å². The van der Waals surface area contributed by atoms with Crippen LogP contribution in [-0.4, -0.2) is 11.3 Å². The Labute approximate surface area is 92.4 Å². The highest BCUT2D eigenvalue weighted by Gasteiger charge is 2.32. The Balaban J connectivity index is 3.20. The number of ether oxygens (including phenoxy) is 1. The number of nitrogens with zero attached hydrogens (tertiary/aromatic N) is 1. The van der Waals surface area contributed by atoms with E-state index in [9.17, 15) is 22.0 Å². The normalized spacial score (nSPS) is 11.9. The number of nitrogens with two attached hydrogens (primary N) is 2. The predicted octanol–water partition coefficient (Wildman–Crippen LogP) is 1.96. The lowest BCUT2D eigenvalue weighted by atomic mass is 10.1. The Bertz CT molecular complexity index is 407. The fraction of sp³-hybridized carbons (Fsp3) is 0.375. The molecule has 4 nitrogen and oxygen atoms in total. The van der Waals surface area contributed by atoms with Crippen molar-refractivity contribution in [1.82, 2.24) is 4.98 Å². The Morgan fingerprint density at radius 1 is 1.35 bits per heavy atom. The molecule has 17 heavy (non-hydrogen) atoms. The van der Waals surface area contributed by atoms with Crippen LogP contribution in [0.5, 0.6) is 5.88 Å². The first-order chi connectivity index (χ1) is 7.74. The molecule has 0 aliphatic rings. The molecule has 4 N–H and O–H groups in total. The van der Waals surface area contributed by atoms with E-state index in [0.717, 1.165) is 0 Å². The Morgan fingerprint density at radius 2 is 1.94 bits per heavy atom. The average Bonchev–Trinajstić information content (AvgIpc) is 2.13. The second-order valence-electron chi connectivity index (χ2n) is 2.97. The molecule has 1 aromatic heterocycles. The van der Waals surface area contributed by atoms with Crippen LogP contribution >= 0.6 is 0 Å². The van der Waals surface area contributed by atoms with Gasteiger partial charge in [0.05, 0.1) is 0 Å². The van der Waals surface area contributed by atoms with E-state index in [0.29, 0.717) is 6.07 Å². The van der Waals surface area contributed by atoms with Crippen LogP contribution in [0.15, 0.2) is 6.07 Å². The summed E-state index contributed by atoms with van der Waals surface area (Å²) in [5, 5.41) is 0. The molecule has 0 atom stereocenters. The minimum atomic E-state index is -5.02. The minimum Gasteiger partial charge on any atom is -0.398 e. The first-order valence-corrected chi connectivity index (χ1v) is 4.28. The Kier molecular flexibility index (Phi) is 3.71. The maximum Gasteiger partial charge on any atom is 0.574 e. The molecule has 0 aliphatic heterocycles. The van der Waals surface area contributed by atoms with Crippen molar-refractivity contribution in [2.45, 2.75) is 19.3 Å². The molecule has 0 saturated carbocycles. The molecule has 0 radical (unpaired) electrons. The van der Waals surface area contributed by atoms with E-state index in [1.807, 2.05) is 0 Å². The van der Waals surface area contributed by atoms with E-state index in [2.05, 4.69) is 9.72 Å². The van der Waals surface area contributed by atoms with Gasteiger partial charge in [-0.05, 0) is 0 Å². The molecule has 1 rings (SSSR count). The molecule has 0 spiro atoms. The molecule has 0 aliphatic carbocycles. The maximum absolute atomic E-state index is 12.5. The Hall–Kier alpha value is -1.64. The quantitative estimate of drug-likeness (QED) is 0.812. The first kappa shape index (κ1) is 13.4. The van der Waals surface area contributed by atoms with Crippen LogP contribution in [0.1, 0.15) is 17.7 Å². The second kappa shape index (κ2) is 4.70. The van der Waals surface area contributed by atoms with E-state index in [1.165, 1.54) is 0 Å². The molecular formula is C8H8F5N3O. The summed E-state index contributed by atoms with van der Waals surface area (Å²) in [6.45, 7) is -0.356. The number of hydrogen-bond acceptors (Lipinski definition) is 4. The number of nitrogen functional groups attached to an aromatic ring is 1. The standard InChI is InChI=1S/C8H8F5N3O/c9-7(10)6-3(2-14)4(15)1-5(16-6)17-8(11,12)13/h1,7H,2,14H2,(H2,15,16). The fourth-order valence-electron chi connectivity index (χ4n) is 1.16. The smallest absolute Gasteiger partial charge is 0.398 e. The lowest BCUT2D eigenvalue weighted by Crippen LogP contribution is -2.19. The molecular weight excluding hydrogens is 249 g/mol. The van der Waals surface area contributed by atoms with Crippen molar-refractivity contribution in [1.29, 1.82) is 0 Å². The van der Waals surface area contributed by atoms with Crippen molar-refractivity contribution in [3.8, 4) is 5.88 Å².